The van der Waals surface area contributed by atoms with E-state index in [4.69, 9.17) is 4.74 Å². The van der Waals surface area contributed by atoms with Crippen LogP contribution in [-0.4, -0.2) is 9.97 Å². The van der Waals surface area contributed by atoms with Gasteiger partial charge in [-0.25, -0.2) is 4.98 Å². The van der Waals surface area contributed by atoms with Crippen LogP contribution in [0.4, 0.5) is 13.2 Å². The van der Waals surface area contributed by atoms with Gasteiger partial charge in [-0.2, -0.15) is 13.2 Å². The van der Waals surface area contributed by atoms with Crippen LogP contribution in [0.25, 0.3) is 22.4 Å². The van der Waals surface area contributed by atoms with Gasteiger partial charge in [0.25, 0.3) is 0 Å². The number of nitrogens with zero attached hydrogens (tertiary/aromatic N) is 2. The fourth-order valence-corrected chi connectivity index (χ4v) is 3.44. The summed E-state index contributed by atoms with van der Waals surface area (Å²) >= 11 is 0. The Bertz CT molecular complexity index is 1230. The number of ether oxygens (including phenoxy) is 1. The predicted molar refractivity (Wildman–Crippen MR) is 118 cm³/mol. The van der Waals surface area contributed by atoms with E-state index in [1.807, 2.05) is 56.3 Å². The first kappa shape index (κ1) is 21.6. The first-order valence-corrected chi connectivity index (χ1v) is 10.1. The quantitative estimate of drug-likeness (QED) is 0.338. The molecule has 0 fully saturated rings. The molecule has 1 heterocycles. The highest BCUT2D eigenvalue weighted by Gasteiger charge is 2.29. The second kappa shape index (κ2) is 8.83. The summed E-state index contributed by atoms with van der Waals surface area (Å²) in [5.74, 6) is 0.707. The molecule has 3 aromatic carbocycles. The molecule has 0 aliphatic heterocycles. The molecule has 162 valence electrons. The Balaban J connectivity index is 1.52. The summed E-state index contributed by atoms with van der Waals surface area (Å²) in [6, 6.07) is 18.7. The topological polar surface area (TPSA) is 35.0 Å². The van der Waals surface area contributed by atoms with E-state index in [-0.39, 0.29) is 0 Å². The van der Waals surface area contributed by atoms with Crippen LogP contribution in [0.15, 0.2) is 79.1 Å². The van der Waals surface area contributed by atoms with Crippen molar-refractivity contribution in [2.24, 2.45) is 0 Å². The lowest BCUT2D eigenvalue weighted by molar-refractivity contribution is -0.137. The van der Waals surface area contributed by atoms with Gasteiger partial charge in [0.1, 0.15) is 12.4 Å². The Labute approximate surface area is 184 Å². The lowest BCUT2D eigenvalue weighted by Crippen LogP contribution is -2.04. The summed E-state index contributed by atoms with van der Waals surface area (Å²) in [6.07, 6.45) is -0.927. The highest BCUT2D eigenvalue weighted by atomic mass is 19.4. The molecule has 0 amide bonds. The van der Waals surface area contributed by atoms with Crippen LogP contribution in [-0.2, 0) is 12.8 Å². The summed E-state index contributed by atoms with van der Waals surface area (Å²) < 4.78 is 44.5. The molecule has 32 heavy (non-hydrogen) atoms. The van der Waals surface area contributed by atoms with Crippen LogP contribution in [0.2, 0.25) is 0 Å². The van der Waals surface area contributed by atoms with E-state index in [0.29, 0.717) is 12.4 Å². The van der Waals surface area contributed by atoms with Gasteiger partial charge in [-0.1, -0.05) is 42.5 Å². The number of aryl methyl sites for hydroxylation is 2. The molecule has 6 heteroatoms. The number of hydrogen-bond acceptors (Lipinski definition) is 3. The van der Waals surface area contributed by atoms with E-state index < -0.39 is 11.7 Å². The largest absolute Gasteiger partial charge is 0.488 e. The van der Waals surface area contributed by atoms with Crippen molar-refractivity contribution in [1.82, 2.24) is 9.97 Å². The van der Waals surface area contributed by atoms with Gasteiger partial charge in [0.05, 0.1) is 23.1 Å². The van der Waals surface area contributed by atoms with Gasteiger partial charge < -0.3 is 4.74 Å². The predicted octanol–water partition coefficient (Wildman–Crippen LogP) is 7.03. The maximum absolute atomic E-state index is 12.8. The van der Waals surface area contributed by atoms with Crippen molar-refractivity contribution in [3.05, 3.63) is 102 Å². The molecule has 0 radical (unpaired) electrons. The molecule has 0 saturated heterocycles. The van der Waals surface area contributed by atoms with Crippen LogP contribution in [0, 0.1) is 13.8 Å². The number of para-hydroxylation sites is 1. The zero-order valence-corrected chi connectivity index (χ0v) is 17.6. The van der Waals surface area contributed by atoms with Crippen LogP contribution < -0.4 is 4.74 Å². The molecule has 1 aromatic heterocycles. The molecule has 0 bridgehead atoms. The lowest BCUT2D eigenvalue weighted by atomic mass is 9.99. The van der Waals surface area contributed by atoms with Crippen molar-refractivity contribution in [3.63, 3.8) is 0 Å². The number of halogens is 3. The maximum Gasteiger partial charge on any atom is 0.416 e. The number of aromatic nitrogens is 2. The van der Waals surface area contributed by atoms with Crippen molar-refractivity contribution < 1.29 is 17.9 Å². The Morgan fingerprint density at radius 1 is 0.844 bits per heavy atom. The third kappa shape index (κ3) is 4.80. The summed E-state index contributed by atoms with van der Waals surface area (Å²) in [7, 11) is 0. The van der Waals surface area contributed by atoms with Gasteiger partial charge in [0.2, 0.25) is 0 Å². The van der Waals surface area contributed by atoms with Gasteiger partial charge >= 0.3 is 6.18 Å². The zero-order valence-electron chi connectivity index (χ0n) is 17.6. The minimum Gasteiger partial charge on any atom is -0.488 e. The molecule has 0 atom stereocenters. The van der Waals surface area contributed by atoms with Gasteiger partial charge in [-0.05, 0) is 60.4 Å². The summed E-state index contributed by atoms with van der Waals surface area (Å²) in [5.41, 5.74) is 5.36. The van der Waals surface area contributed by atoms with Crippen molar-refractivity contribution in [1.29, 1.82) is 0 Å². The number of alkyl halides is 3. The molecule has 0 aliphatic rings. The molecular weight excluding hydrogens is 413 g/mol. The smallest absolute Gasteiger partial charge is 0.416 e. The van der Waals surface area contributed by atoms with E-state index in [1.54, 1.807) is 12.4 Å². The van der Waals surface area contributed by atoms with E-state index in [2.05, 4.69) is 9.97 Å². The fourth-order valence-electron chi connectivity index (χ4n) is 3.44. The van der Waals surface area contributed by atoms with Crippen molar-refractivity contribution in [2.45, 2.75) is 26.6 Å². The average molecular weight is 434 g/mol. The summed E-state index contributed by atoms with van der Waals surface area (Å²) in [4.78, 5) is 8.74. The second-order valence-corrected chi connectivity index (χ2v) is 7.55. The highest BCUT2D eigenvalue weighted by Crippen LogP contribution is 2.32. The van der Waals surface area contributed by atoms with Gasteiger partial charge in [0.15, 0.2) is 0 Å². The minimum absolute atomic E-state index is 0.357. The molecule has 4 aromatic rings. The number of rotatable bonds is 5. The Kier molecular flexibility index (Phi) is 5.95. The third-order valence-electron chi connectivity index (χ3n) is 5.19. The Hall–Kier alpha value is -3.67. The van der Waals surface area contributed by atoms with Crippen LogP contribution in [0.1, 0.15) is 22.4 Å². The molecule has 0 saturated carbocycles. The highest BCUT2D eigenvalue weighted by molar-refractivity contribution is 5.67. The van der Waals surface area contributed by atoms with Gasteiger partial charge in [-0.15, -0.1) is 0 Å². The lowest BCUT2D eigenvalue weighted by Gasteiger charge is -2.14. The van der Waals surface area contributed by atoms with Crippen molar-refractivity contribution >= 4 is 0 Å². The van der Waals surface area contributed by atoms with Gasteiger partial charge in [-0.3, -0.25) is 4.98 Å². The fraction of sp³-hybridized carbons (Fsp3) is 0.154. The van der Waals surface area contributed by atoms with E-state index >= 15 is 0 Å². The minimum atomic E-state index is -4.34. The number of hydrogen-bond donors (Lipinski definition) is 0. The van der Waals surface area contributed by atoms with E-state index in [9.17, 15) is 13.2 Å². The Morgan fingerprint density at radius 2 is 1.56 bits per heavy atom. The molecule has 0 unspecified atom stereocenters. The van der Waals surface area contributed by atoms with Crippen molar-refractivity contribution in [2.75, 3.05) is 0 Å². The van der Waals surface area contributed by atoms with E-state index in [1.165, 1.54) is 12.1 Å². The summed E-state index contributed by atoms with van der Waals surface area (Å²) in [6.45, 7) is 4.21. The monoisotopic (exact) mass is 434 g/mol. The van der Waals surface area contributed by atoms with Crippen molar-refractivity contribution in [3.8, 4) is 28.1 Å². The SMILES string of the molecule is Cc1cncc(-c2ccccc2OCc2ccc(-c3ccc(C(F)(F)F)cc3)cc2C)n1. The summed E-state index contributed by atoms with van der Waals surface area (Å²) in [5, 5.41) is 0. The van der Waals surface area contributed by atoms with Crippen LogP contribution in [0.3, 0.4) is 0 Å². The van der Waals surface area contributed by atoms with Crippen LogP contribution in [0.5, 0.6) is 5.75 Å². The molecular formula is C26H21F3N2O. The molecule has 0 spiro atoms. The maximum atomic E-state index is 12.8. The molecule has 0 N–H and O–H groups in total. The zero-order chi connectivity index (χ0) is 22.7. The van der Waals surface area contributed by atoms with Crippen LogP contribution >= 0.6 is 0 Å². The third-order valence-corrected chi connectivity index (χ3v) is 5.19. The molecule has 3 nitrogen and oxygen atoms in total. The standard InChI is InChI=1S/C26H21F3N2O/c1-17-13-20(19-9-11-22(12-10-19)26(27,28)29)7-8-21(17)16-32-25-6-4-3-5-23(25)24-15-30-14-18(2)31-24/h3-15H,16H2,1-2H3. The first-order chi connectivity index (χ1) is 15.3. The second-order valence-electron chi connectivity index (χ2n) is 7.55. The number of benzene rings is 3. The molecule has 4 rings (SSSR count). The normalized spacial score (nSPS) is 11.4. The van der Waals surface area contributed by atoms with Gasteiger partial charge in [0, 0.05) is 11.8 Å². The molecule has 0 aliphatic carbocycles. The first-order valence-electron chi connectivity index (χ1n) is 10.1. The Morgan fingerprint density at radius 3 is 2.25 bits per heavy atom. The van der Waals surface area contributed by atoms with E-state index in [0.717, 1.165) is 51.3 Å². The average Bonchev–Trinajstić information content (AvgIpc) is 2.78.